The van der Waals surface area contributed by atoms with Crippen molar-refractivity contribution in [2.45, 2.75) is 19.1 Å². The summed E-state index contributed by atoms with van der Waals surface area (Å²) in [6.07, 6.45) is -4.01. The summed E-state index contributed by atoms with van der Waals surface area (Å²) in [6.45, 7) is 2.65. The van der Waals surface area contributed by atoms with Crippen LogP contribution in [0.1, 0.15) is 12.5 Å². The number of carbonyl (C=O) groups is 1. The first kappa shape index (κ1) is 14.4. The van der Waals surface area contributed by atoms with Crippen LogP contribution in [0, 0.1) is 0 Å². The normalized spacial score (nSPS) is 20.1. The van der Waals surface area contributed by atoms with Gasteiger partial charge in [-0.05, 0) is 6.92 Å². The van der Waals surface area contributed by atoms with Gasteiger partial charge in [-0.1, -0.05) is 0 Å². The molecule has 1 aliphatic rings. The van der Waals surface area contributed by atoms with Crippen LogP contribution >= 0.6 is 0 Å². The van der Waals surface area contributed by atoms with Gasteiger partial charge in [0.2, 0.25) is 5.95 Å². The standard InChI is InChI=1S/C11H13F3N4O2/c1-7-6-17(10(19)20)2-3-18(7)9-15-4-8(5-16-9)11(12,13)14/h4-5,7H,2-3,6H2,1H3,(H,19,20)/t7-/m1/s1. The van der Waals surface area contributed by atoms with Gasteiger partial charge in [0.25, 0.3) is 0 Å². The summed E-state index contributed by atoms with van der Waals surface area (Å²) < 4.78 is 37.2. The Morgan fingerprint density at radius 3 is 2.40 bits per heavy atom. The topological polar surface area (TPSA) is 69.6 Å². The van der Waals surface area contributed by atoms with Gasteiger partial charge in [0.1, 0.15) is 0 Å². The predicted octanol–water partition coefficient (Wildman–Crippen LogP) is 1.68. The molecule has 1 amide bonds. The van der Waals surface area contributed by atoms with Crippen molar-refractivity contribution < 1.29 is 23.1 Å². The van der Waals surface area contributed by atoms with E-state index in [0.717, 1.165) is 12.4 Å². The highest BCUT2D eigenvalue weighted by Crippen LogP contribution is 2.28. The molecule has 110 valence electrons. The summed E-state index contributed by atoms with van der Waals surface area (Å²) in [7, 11) is 0. The van der Waals surface area contributed by atoms with Gasteiger partial charge in [0.05, 0.1) is 5.56 Å². The number of hydrogen-bond donors (Lipinski definition) is 1. The van der Waals surface area contributed by atoms with E-state index < -0.39 is 17.8 Å². The van der Waals surface area contributed by atoms with Gasteiger partial charge in [0.15, 0.2) is 0 Å². The minimum atomic E-state index is -4.47. The maximum Gasteiger partial charge on any atom is 0.419 e. The highest BCUT2D eigenvalue weighted by molar-refractivity contribution is 5.65. The zero-order valence-corrected chi connectivity index (χ0v) is 10.6. The molecular formula is C11H13F3N4O2. The van der Waals surface area contributed by atoms with Crippen LogP contribution in [0.4, 0.5) is 23.9 Å². The van der Waals surface area contributed by atoms with Crippen LogP contribution in [-0.2, 0) is 6.18 Å². The lowest BCUT2D eigenvalue weighted by atomic mass is 10.2. The summed E-state index contributed by atoms with van der Waals surface area (Å²) in [5, 5.41) is 8.89. The number of piperazine rings is 1. The van der Waals surface area contributed by atoms with Gasteiger partial charge in [-0.15, -0.1) is 0 Å². The second-order valence-electron chi connectivity index (χ2n) is 4.54. The second kappa shape index (κ2) is 5.14. The summed E-state index contributed by atoms with van der Waals surface area (Å²) in [5.41, 5.74) is -0.905. The molecular weight excluding hydrogens is 277 g/mol. The van der Waals surface area contributed by atoms with Crippen LogP contribution in [0.15, 0.2) is 12.4 Å². The molecule has 2 rings (SSSR count). The second-order valence-corrected chi connectivity index (χ2v) is 4.54. The van der Waals surface area contributed by atoms with Gasteiger partial charge in [-0.3, -0.25) is 0 Å². The molecule has 0 unspecified atom stereocenters. The summed E-state index contributed by atoms with van der Waals surface area (Å²) in [6, 6.07) is -0.198. The van der Waals surface area contributed by atoms with Crippen LogP contribution in [0.3, 0.4) is 0 Å². The van der Waals surface area contributed by atoms with E-state index in [9.17, 15) is 18.0 Å². The Morgan fingerprint density at radius 1 is 1.35 bits per heavy atom. The largest absolute Gasteiger partial charge is 0.465 e. The van der Waals surface area contributed by atoms with Gasteiger partial charge in [-0.25, -0.2) is 14.8 Å². The Kier molecular flexibility index (Phi) is 3.69. The SMILES string of the molecule is C[C@@H]1CN(C(=O)O)CCN1c1ncc(C(F)(F)F)cn1. The Balaban J connectivity index is 2.11. The Labute approximate surface area is 112 Å². The number of alkyl halides is 3. The van der Waals surface area contributed by atoms with E-state index >= 15 is 0 Å². The molecule has 0 radical (unpaired) electrons. The van der Waals surface area contributed by atoms with E-state index in [1.807, 2.05) is 0 Å². The van der Waals surface area contributed by atoms with Crippen LogP contribution in [0.2, 0.25) is 0 Å². The molecule has 0 aliphatic carbocycles. The van der Waals surface area contributed by atoms with E-state index in [1.54, 1.807) is 11.8 Å². The molecule has 0 spiro atoms. The number of halogens is 3. The average Bonchev–Trinajstić information content (AvgIpc) is 2.37. The number of carboxylic acid groups (broad SMARTS) is 1. The fraction of sp³-hybridized carbons (Fsp3) is 0.545. The van der Waals surface area contributed by atoms with Gasteiger partial charge in [0, 0.05) is 38.1 Å². The van der Waals surface area contributed by atoms with Crippen LogP contribution in [0.5, 0.6) is 0 Å². The van der Waals surface area contributed by atoms with Crippen molar-refractivity contribution in [3.8, 4) is 0 Å². The Bertz CT molecular complexity index is 491. The highest BCUT2D eigenvalue weighted by atomic mass is 19.4. The quantitative estimate of drug-likeness (QED) is 0.852. The third-order valence-corrected chi connectivity index (χ3v) is 3.12. The lowest BCUT2D eigenvalue weighted by Gasteiger charge is -2.38. The fourth-order valence-electron chi connectivity index (χ4n) is 2.04. The van der Waals surface area contributed by atoms with Crippen LogP contribution in [-0.4, -0.2) is 51.7 Å². The molecule has 9 heteroatoms. The molecule has 6 nitrogen and oxygen atoms in total. The van der Waals surface area contributed by atoms with Crippen molar-refractivity contribution in [1.82, 2.24) is 14.9 Å². The molecule has 1 aliphatic heterocycles. The average molecular weight is 290 g/mol. The number of nitrogens with zero attached hydrogens (tertiary/aromatic N) is 4. The molecule has 0 bridgehead atoms. The predicted molar refractivity (Wildman–Crippen MR) is 63.4 cm³/mol. The smallest absolute Gasteiger partial charge is 0.419 e. The first-order valence-electron chi connectivity index (χ1n) is 5.93. The van der Waals surface area contributed by atoms with Gasteiger partial charge >= 0.3 is 12.3 Å². The molecule has 20 heavy (non-hydrogen) atoms. The molecule has 1 aromatic heterocycles. The molecule has 1 N–H and O–H groups in total. The van der Waals surface area contributed by atoms with E-state index in [4.69, 9.17) is 5.11 Å². The van der Waals surface area contributed by atoms with E-state index in [-0.39, 0.29) is 25.1 Å². The number of rotatable bonds is 1. The van der Waals surface area contributed by atoms with Crippen molar-refractivity contribution in [2.75, 3.05) is 24.5 Å². The molecule has 1 fully saturated rings. The lowest BCUT2D eigenvalue weighted by Crippen LogP contribution is -2.54. The first-order chi connectivity index (χ1) is 9.29. The monoisotopic (exact) mass is 290 g/mol. The number of amides is 1. The van der Waals surface area contributed by atoms with Crippen molar-refractivity contribution in [2.24, 2.45) is 0 Å². The van der Waals surface area contributed by atoms with Gasteiger partial charge in [-0.2, -0.15) is 13.2 Å². The highest BCUT2D eigenvalue weighted by Gasteiger charge is 2.32. The van der Waals surface area contributed by atoms with Gasteiger partial charge < -0.3 is 14.9 Å². The number of aromatic nitrogens is 2. The van der Waals surface area contributed by atoms with E-state index in [1.165, 1.54) is 4.90 Å². The lowest BCUT2D eigenvalue weighted by molar-refractivity contribution is -0.138. The molecule has 2 heterocycles. The molecule has 1 atom stereocenters. The van der Waals surface area contributed by atoms with Crippen LogP contribution in [0.25, 0.3) is 0 Å². The molecule has 0 saturated carbocycles. The van der Waals surface area contributed by atoms with E-state index in [2.05, 4.69) is 9.97 Å². The maximum absolute atomic E-state index is 12.4. The zero-order valence-electron chi connectivity index (χ0n) is 10.6. The Hall–Kier alpha value is -2.06. The molecule has 1 aromatic rings. The minimum Gasteiger partial charge on any atom is -0.465 e. The van der Waals surface area contributed by atoms with Crippen LogP contribution < -0.4 is 4.90 Å². The van der Waals surface area contributed by atoms with Crippen molar-refractivity contribution in [3.63, 3.8) is 0 Å². The molecule has 0 aromatic carbocycles. The van der Waals surface area contributed by atoms with E-state index in [0.29, 0.717) is 6.54 Å². The molecule has 1 saturated heterocycles. The summed E-state index contributed by atoms with van der Waals surface area (Å²) in [4.78, 5) is 21.2. The summed E-state index contributed by atoms with van der Waals surface area (Å²) in [5.74, 6) is 0.176. The third-order valence-electron chi connectivity index (χ3n) is 3.12. The Morgan fingerprint density at radius 2 is 1.95 bits per heavy atom. The van der Waals surface area contributed by atoms with Crippen molar-refractivity contribution in [3.05, 3.63) is 18.0 Å². The fourth-order valence-corrected chi connectivity index (χ4v) is 2.04. The third kappa shape index (κ3) is 2.91. The van der Waals surface area contributed by atoms with Crippen molar-refractivity contribution >= 4 is 12.0 Å². The first-order valence-corrected chi connectivity index (χ1v) is 5.93. The van der Waals surface area contributed by atoms with Crippen molar-refractivity contribution in [1.29, 1.82) is 0 Å². The zero-order chi connectivity index (χ0) is 14.9. The number of hydrogen-bond acceptors (Lipinski definition) is 4. The number of anilines is 1. The maximum atomic E-state index is 12.4. The minimum absolute atomic E-state index is 0.176. The summed E-state index contributed by atoms with van der Waals surface area (Å²) >= 11 is 0.